The number of hydrogen-bond acceptors (Lipinski definition) is 6. The summed E-state index contributed by atoms with van der Waals surface area (Å²) in [4.78, 5) is 4.57. The highest BCUT2D eigenvalue weighted by Crippen LogP contribution is 2.34. The van der Waals surface area contributed by atoms with Crippen molar-refractivity contribution in [2.75, 3.05) is 4.72 Å². The van der Waals surface area contributed by atoms with Crippen LogP contribution >= 0.6 is 22.7 Å². The topological polar surface area (TPSA) is 68.3 Å². The maximum atomic E-state index is 12.6. The molecule has 3 rings (SSSR count). The minimum Gasteiger partial charge on any atom is -0.406 e. The van der Waals surface area contributed by atoms with Crippen LogP contribution in [0.15, 0.2) is 45.3 Å². The molecule has 0 atom stereocenters. The van der Waals surface area contributed by atoms with Gasteiger partial charge in [-0.15, -0.1) is 35.8 Å². The number of halogens is 3. The zero-order valence-electron chi connectivity index (χ0n) is 15.6. The van der Waals surface area contributed by atoms with Crippen LogP contribution < -0.4 is 9.46 Å². The van der Waals surface area contributed by atoms with Crippen molar-refractivity contribution in [1.29, 1.82) is 0 Å². The van der Waals surface area contributed by atoms with E-state index in [4.69, 9.17) is 0 Å². The molecule has 0 aliphatic heterocycles. The Morgan fingerprint density at radius 3 is 2.24 bits per heavy atom. The predicted octanol–water partition coefficient (Wildman–Crippen LogP) is 5.87. The van der Waals surface area contributed by atoms with Gasteiger partial charge in [0.15, 0.2) is 0 Å². The van der Waals surface area contributed by atoms with E-state index in [0.29, 0.717) is 5.56 Å². The van der Waals surface area contributed by atoms with Crippen LogP contribution in [0.4, 0.5) is 18.9 Å². The third-order valence-electron chi connectivity index (χ3n) is 3.70. The van der Waals surface area contributed by atoms with Gasteiger partial charge in [-0.25, -0.2) is 13.4 Å². The molecule has 5 nitrogen and oxygen atoms in total. The summed E-state index contributed by atoms with van der Waals surface area (Å²) in [6, 6.07) is 6.00. The second-order valence-electron chi connectivity index (χ2n) is 7.12. The van der Waals surface area contributed by atoms with Gasteiger partial charge in [-0.2, -0.15) is 0 Å². The van der Waals surface area contributed by atoms with Crippen LogP contribution in [0.2, 0.25) is 0 Å². The molecule has 3 aromatic rings. The summed E-state index contributed by atoms with van der Waals surface area (Å²) in [7, 11) is -3.89. The number of anilines is 1. The summed E-state index contributed by atoms with van der Waals surface area (Å²) in [6.07, 6.45) is -4.81. The van der Waals surface area contributed by atoms with Crippen molar-refractivity contribution in [3.05, 3.63) is 46.8 Å². The zero-order valence-corrected chi connectivity index (χ0v) is 18.0. The van der Waals surface area contributed by atoms with E-state index in [1.165, 1.54) is 29.5 Å². The van der Waals surface area contributed by atoms with Gasteiger partial charge in [0.1, 0.15) is 15.0 Å². The van der Waals surface area contributed by atoms with Crippen LogP contribution in [-0.2, 0) is 15.4 Å². The van der Waals surface area contributed by atoms with Gasteiger partial charge < -0.3 is 4.74 Å². The Balaban J connectivity index is 1.76. The summed E-state index contributed by atoms with van der Waals surface area (Å²) < 4.78 is 68.0. The lowest BCUT2D eigenvalue weighted by molar-refractivity contribution is -0.274. The highest BCUT2D eigenvalue weighted by molar-refractivity contribution is 7.94. The molecular formula is C18H17F3N2O3S3. The molecule has 0 amide bonds. The van der Waals surface area contributed by atoms with E-state index < -0.39 is 22.1 Å². The highest BCUT2D eigenvalue weighted by Gasteiger charge is 2.31. The van der Waals surface area contributed by atoms with Crippen molar-refractivity contribution in [2.24, 2.45) is 0 Å². The van der Waals surface area contributed by atoms with E-state index in [1.807, 2.05) is 26.2 Å². The van der Waals surface area contributed by atoms with Crippen molar-refractivity contribution in [3.63, 3.8) is 0 Å². The van der Waals surface area contributed by atoms with E-state index in [-0.39, 0.29) is 15.3 Å². The number of thiazole rings is 1. The van der Waals surface area contributed by atoms with Gasteiger partial charge in [0.05, 0.1) is 5.69 Å². The van der Waals surface area contributed by atoms with Crippen molar-refractivity contribution >= 4 is 38.4 Å². The summed E-state index contributed by atoms with van der Waals surface area (Å²) in [5.74, 6) is -0.433. The molecule has 0 aliphatic carbocycles. The SMILES string of the molecule is CC(C)(C)c1csc(-c2csc(S(=O)(=O)Nc3ccc(OC(F)(F)F)cc3)c2)n1. The Labute approximate surface area is 174 Å². The molecule has 156 valence electrons. The van der Waals surface area contributed by atoms with Crippen molar-refractivity contribution in [2.45, 2.75) is 36.8 Å². The molecular weight excluding hydrogens is 445 g/mol. The number of alkyl halides is 3. The quantitative estimate of drug-likeness (QED) is 0.515. The average Bonchev–Trinajstić information content (AvgIpc) is 3.24. The Morgan fingerprint density at radius 1 is 1.03 bits per heavy atom. The molecule has 11 heteroatoms. The lowest BCUT2D eigenvalue weighted by Gasteiger charge is -2.14. The summed E-state index contributed by atoms with van der Waals surface area (Å²) in [5.41, 5.74) is 1.64. The molecule has 0 fully saturated rings. The van der Waals surface area contributed by atoms with Gasteiger partial charge in [0.25, 0.3) is 10.0 Å². The average molecular weight is 463 g/mol. The van der Waals surface area contributed by atoms with E-state index in [1.54, 1.807) is 5.38 Å². The Kier molecular flexibility index (Phi) is 5.67. The number of benzene rings is 1. The number of hydrogen-bond donors (Lipinski definition) is 1. The number of ether oxygens (including phenoxy) is 1. The number of thiophene rings is 1. The van der Waals surface area contributed by atoms with Gasteiger partial charge in [-0.3, -0.25) is 4.72 Å². The molecule has 2 heterocycles. The first kappa shape index (κ1) is 21.6. The fourth-order valence-electron chi connectivity index (χ4n) is 2.25. The Morgan fingerprint density at radius 2 is 1.69 bits per heavy atom. The molecule has 0 saturated carbocycles. The largest absolute Gasteiger partial charge is 0.573 e. The van der Waals surface area contributed by atoms with Gasteiger partial charge >= 0.3 is 6.36 Å². The van der Waals surface area contributed by atoms with Crippen LogP contribution in [-0.4, -0.2) is 19.8 Å². The maximum absolute atomic E-state index is 12.6. The number of aromatic nitrogens is 1. The van der Waals surface area contributed by atoms with Gasteiger partial charge in [0.2, 0.25) is 0 Å². The zero-order chi connectivity index (χ0) is 21.4. The number of sulfonamides is 1. The third kappa shape index (κ3) is 5.49. The molecule has 0 bridgehead atoms. The van der Waals surface area contributed by atoms with E-state index in [9.17, 15) is 21.6 Å². The van der Waals surface area contributed by atoms with Crippen molar-refractivity contribution < 1.29 is 26.3 Å². The van der Waals surface area contributed by atoms with Crippen LogP contribution in [0.1, 0.15) is 26.5 Å². The normalized spacial score (nSPS) is 12.8. The van der Waals surface area contributed by atoms with Gasteiger partial charge in [-0.05, 0) is 30.3 Å². The standard InChI is InChI=1S/C18H17F3N2O3S3/c1-17(2,3)14-10-28-16(22-14)11-8-15(27-9-11)29(24,25)23-12-4-6-13(7-5-12)26-18(19,20)21/h4-10,23H,1-3H3. The van der Waals surface area contributed by atoms with Crippen LogP contribution in [0, 0.1) is 0 Å². The van der Waals surface area contributed by atoms with Gasteiger partial charge in [0, 0.05) is 27.4 Å². The summed E-state index contributed by atoms with van der Waals surface area (Å²) in [5, 5.41) is 4.38. The molecule has 0 aliphatic rings. The van der Waals surface area contributed by atoms with E-state index >= 15 is 0 Å². The molecule has 2 aromatic heterocycles. The maximum Gasteiger partial charge on any atom is 0.573 e. The first-order valence-corrected chi connectivity index (χ1v) is 11.5. The number of nitrogens with one attached hydrogen (secondary N) is 1. The molecule has 0 saturated heterocycles. The molecule has 0 spiro atoms. The number of nitrogens with zero attached hydrogens (tertiary/aromatic N) is 1. The Hall–Kier alpha value is -2.11. The van der Waals surface area contributed by atoms with Crippen molar-refractivity contribution in [1.82, 2.24) is 4.98 Å². The first-order valence-electron chi connectivity index (χ1n) is 8.27. The van der Waals surface area contributed by atoms with Crippen LogP contribution in [0.25, 0.3) is 10.6 Å². The fourth-order valence-corrected chi connectivity index (χ4v) is 5.58. The lowest BCUT2D eigenvalue weighted by atomic mass is 9.93. The van der Waals surface area contributed by atoms with E-state index in [0.717, 1.165) is 34.2 Å². The second kappa shape index (κ2) is 7.62. The van der Waals surface area contributed by atoms with Crippen LogP contribution in [0.5, 0.6) is 5.75 Å². The van der Waals surface area contributed by atoms with Crippen molar-refractivity contribution in [3.8, 4) is 16.3 Å². The molecule has 1 N–H and O–H groups in total. The van der Waals surface area contributed by atoms with Crippen LogP contribution in [0.3, 0.4) is 0 Å². The lowest BCUT2D eigenvalue weighted by Crippen LogP contribution is -2.17. The predicted molar refractivity (Wildman–Crippen MR) is 108 cm³/mol. The van der Waals surface area contributed by atoms with E-state index in [2.05, 4.69) is 14.4 Å². The molecule has 0 radical (unpaired) electrons. The Bertz CT molecular complexity index is 1100. The number of rotatable bonds is 5. The highest BCUT2D eigenvalue weighted by atomic mass is 32.2. The molecule has 0 unspecified atom stereocenters. The minimum atomic E-state index is -4.81. The second-order valence-corrected chi connectivity index (χ2v) is 10.8. The van der Waals surface area contributed by atoms with Gasteiger partial charge in [-0.1, -0.05) is 20.8 Å². The smallest absolute Gasteiger partial charge is 0.406 e. The molecule has 1 aromatic carbocycles. The summed E-state index contributed by atoms with van der Waals surface area (Å²) in [6.45, 7) is 6.14. The summed E-state index contributed by atoms with van der Waals surface area (Å²) >= 11 is 2.48. The first-order chi connectivity index (χ1) is 13.3. The fraction of sp³-hybridized carbons (Fsp3) is 0.278. The molecule has 29 heavy (non-hydrogen) atoms. The minimum absolute atomic E-state index is 0.0793. The monoisotopic (exact) mass is 462 g/mol. The third-order valence-corrected chi connectivity index (χ3v) is 7.41.